The maximum Gasteiger partial charge on any atom is 0.339 e. The molecular formula is C11H12FNO2. The van der Waals surface area contributed by atoms with Crippen molar-refractivity contribution in [3.05, 3.63) is 41.2 Å². The summed E-state index contributed by atoms with van der Waals surface area (Å²) in [5.41, 5.74) is 5.34. The van der Waals surface area contributed by atoms with Crippen LogP contribution < -0.4 is 5.73 Å². The first-order chi connectivity index (χ1) is 7.16. The Morgan fingerprint density at radius 1 is 1.53 bits per heavy atom. The minimum absolute atomic E-state index is 0.300. The van der Waals surface area contributed by atoms with Gasteiger partial charge in [-0.2, -0.15) is 0 Å². The van der Waals surface area contributed by atoms with E-state index in [1.807, 2.05) is 0 Å². The van der Waals surface area contributed by atoms with E-state index in [0.29, 0.717) is 18.5 Å². The van der Waals surface area contributed by atoms with Crippen molar-refractivity contribution in [3.63, 3.8) is 0 Å². The van der Waals surface area contributed by atoms with Crippen LogP contribution in [0.3, 0.4) is 0 Å². The molecule has 0 heterocycles. The normalized spacial score (nSPS) is 10.8. The average molecular weight is 209 g/mol. The molecule has 0 aliphatic carbocycles. The standard InChI is InChI=1S/C11H12FNO2/c12-9-6-3-5-8(4-1-2-7-13)10(9)11(14)15/h1,3-6H,2,7,13H2,(H,14,15). The minimum Gasteiger partial charge on any atom is -0.478 e. The van der Waals surface area contributed by atoms with E-state index in [4.69, 9.17) is 10.8 Å². The molecule has 1 rings (SSSR count). The van der Waals surface area contributed by atoms with Crippen LogP contribution in [0.4, 0.5) is 4.39 Å². The van der Waals surface area contributed by atoms with Crippen LogP contribution in [0, 0.1) is 5.82 Å². The van der Waals surface area contributed by atoms with Crippen LogP contribution in [0.25, 0.3) is 6.08 Å². The first-order valence-corrected chi connectivity index (χ1v) is 4.55. The summed E-state index contributed by atoms with van der Waals surface area (Å²) in [6.45, 7) is 0.480. The molecule has 0 fully saturated rings. The van der Waals surface area contributed by atoms with E-state index < -0.39 is 11.8 Å². The van der Waals surface area contributed by atoms with Crippen LogP contribution in [0.1, 0.15) is 22.3 Å². The number of rotatable bonds is 4. The highest BCUT2D eigenvalue weighted by atomic mass is 19.1. The van der Waals surface area contributed by atoms with Crippen LogP contribution in [0.5, 0.6) is 0 Å². The van der Waals surface area contributed by atoms with Gasteiger partial charge in [0.25, 0.3) is 0 Å². The molecule has 0 saturated heterocycles. The molecule has 0 spiro atoms. The molecular weight excluding hydrogens is 197 g/mol. The number of halogens is 1. The molecule has 3 nitrogen and oxygen atoms in total. The van der Waals surface area contributed by atoms with Gasteiger partial charge in [0.1, 0.15) is 11.4 Å². The minimum atomic E-state index is -1.26. The average Bonchev–Trinajstić information content (AvgIpc) is 2.17. The Labute approximate surface area is 87.0 Å². The third-order valence-corrected chi connectivity index (χ3v) is 1.89. The highest BCUT2D eigenvalue weighted by Gasteiger charge is 2.13. The fourth-order valence-electron chi connectivity index (χ4n) is 1.21. The van der Waals surface area contributed by atoms with Gasteiger partial charge in [0.15, 0.2) is 0 Å². The molecule has 0 aliphatic rings. The fourth-order valence-corrected chi connectivity index (χ4v) is 1.21. The van der Waals surface area contributed by atoms with E-state index in [9.17, 15) is 9.18 Å². The van der Waals surface area contributed by atoms with Crippen molar-refractivity contribution >= 4 is 12.0 Å². The number of nitrogens with two attached hydrogens (primary N) is 1. The van der Waals surface area contributed by atoms with Crippen molar-refractivity contribution in [1.82, 2.24) is 0 Å². The Morgan fingerprint density at radius 2 is 2.27 bits per heavy atom. The zero-order valence-electron chi connectivity index (χ0n) is 8.11. The molecule has 0 saturated carbocycles. The van der Waals surface area contributed by atoms with Crippen molar-refractivity contribution in [2.75, 3.05) is 6.54 Å². The van der Waals surface area contributed by atoms with Crippen molar-refractivity contribution in [1.29, 1.82) is 0 Å². The zero-order chi connectivity index (χ0) is 11.3. The number of carbonyl (C=O) groups is 1. The number of aromatic carboxylic acids is 1. The van der Waals surface area contributed by atoms with Gasteiger partial charge < -0.3 is 10.8 Å². The fraction of sp³-hybridized carbons (Fsp3) is 0.182. The molecule has 80 valence electrons. The van der Waals surface area contributed by atoms with Gasteiger partial charge >= 0.3 is 5.97 Å². The summed E-state index contributed by atoms with van der Waals surface area (Å²) in [5, 5.41) is 8.80. The van der Waals surface area contributed by atoms with Crippen LogP contribution >= 0.6 is 0 Å². The third kappa shape index (κ3) is 2.89. The van der Waals surface area contributed by atoms with Gasteiger partial charge in [0, 0.05) is 0 Å². The molecule has 4 heteroatoms. The number of hydrogen-bond donors (Lipinski definition) is 2. The topological polar surface area (TPSA) is 63.3 Å². The predicted molar refractivity (Wildman–Crippen MR) is 56.1 cm³/mol. The van der Waals surface area contributed by atoms with Crippen molar-refractivity contribution in [3.8, 4) is 0 Å². The molecule has 1 aromatic rings. The van der Waals surface area contributed by atoms with E-state index >= 15 is 0 Å². The van der Waals surface area contributed by atoms with Gasteiger partial charge in [0.2, 0.25) is 0 Å². The molecule has 15 heavy (non-hydrogen) atoms. The molecule has 0 aromatic heterocycles. The first kappa shape index (κ1) is 11.4. The van der Waals surface area contributed by atoms with Gasteiger partial charge in [-0.3, -0.25) is 0 Å². The van der Waals surface area contributed by atoms with Crippen LogP contribution in [0.2, 0.25) is 0 Å². The molecule has 0 bridgehead atoms. The maximum atomic E-state index is 13.2. The van der Waals surface area contributed by atoms with Gasteiger partial charge in [-0.05, 0) is 24.6 Å². The Morgan fingerprint density at radius 3 is 2.87 bits per heavy atom. The number of carboxylic acids is 1. The quantitative estimate of drug-likeness (QED) is 0.795. The maximum absolute atomic E-state index is 13.2. The molecule has 3 N–H and O–H groups in total. The zero-order valence-corrected chi connectivity index (χ0v) is 8.11. The van der Waals surface area contributed by atoms with E-state index in [1.165, 1.54) is 6.07 Å². The Balaban J connectivity index is 3.06. The molecule has 0 unspecified atom stereocenters. The summed E-state index contributed by atoms with van der Waals surface area (Å²) in [6, 6.07) is 4.16. The van der Waals surface area contributed by atoms with E-state index in [-0.39, 0.29) is 5.56 Å². The van der Waals surface area contributed by atoms with Gasteiger partial charge in [-0.1, -0.05) is 24.3 Å². The molecule has 0 aliphatic heterocycles. The lowest BCUT2D eigenvalue weighted by molar-refractivity contribution is 0.0691. The second-order valence-corrected chi connectivity index (χ2v) is 2.99. The number of benzene rings is 1. The van der Waals surface area contributed by atoms with Crippen LogP contribution in [0.15, 0.2) is 24.3 Å². The molecule has 0 atom stereocenters. The Kier molecular flexibility index (Phi) is 4.00. The van der Waals surface area contributed by atoms with Gasteiger partial charge in [0.05, 0.1) is 0 Å². The van der Waals surface area contributed by atoms with Crippen molar-refractivity contribution in [2.45, 2.75) is 6.42 Å². The SMILES string of the molecule is NCCC=Cc1cccc(F)c1C(=O)O. The second kappa shape index (κ2) is 5.26. The Hall–Kier alpha value is -1.68. The summed E-state index contributed by atoms with van der Waals surface area (Å²) in [7, 11) is 0. The highest BCUT2D eigenvalue weighted by molar-refractivity contribution is 5.92. The second-order valence-electron chi connectivity index (χ2n) is 2.99. The van der Waals surface area contributed by atoms with Crippen LogP contribution in [-0.4, -0.2) is 17.6 Å². The lowest BCUT2D eigenvalue weighted by Crippen LogP contribution is -2.03. The van der Waals surface area contributed by atoms with Gasteiger partial charge in [-0.25, -0.2) is 9.18 Å². The van der Waals surface area contributed by atoms with E-state index in [1.54, 1.807) is 18.2 Å². The van der Waals surface area contributed by atoms with Crippen molar-refractivity contribution < 1.29 is 14.3 Å². The third-order valence-electron chi connectivity index (χ3n) is 1.89. The molecule has 1 aromatic carbocycles. The predicted octanol–water partition coefficient (Wildman–Crippen LogP) is 1.89. The summed E-state index contributed by atoms with van der Waals surface area (Å²) in [6.07, 6.45) is 3.93. The highest BCUT2D eigenvalue weighted by Crippen LogP contribution is 2.15. The van der Waals surface area contributed by atoms with Crippen LogP contribution in [-0.2, 0) is 0 Å². The largest absolute Gasteiger partial charge is 0.478 e. The summed E-state index contributed by atoms with van der Waals surface area (Å²) < 4.78 is 13.2. The summed E-state index contributed by atoms with van der Waals surface area (Å²) in [4.78, 5) is 10.8. The molecule has 0 radical (unpaired) electrons. The summed E-state index contributed by atoms with van der Waals surface area (Å²) >= 11 is 0. The van der Waals surface area contributed by atoms with Gasteiger partial charge in [-0.15, -0.1) is 0 Å². The first-order valence-electron chi connectivity index (χ1n) is 4.55. The Bertz CT molecular complexity index is 388. The van der Waals surface area contributed by atoms with E-state index in [0.717, 1.165) is 6.07 Å². The number of hydrogen-bond acceptors (Lipinski definition) is 2. The lowest BCUT2D eigenvalue weighted by Gasteiger charge is -2.01. The van der Waals surface area contributed by atoms with Crippen molar-refractivity contribution in [2.24, 2.45) is 5.73 Å². The monoisotopic (exact) mass is 209 g/mol. The number of carboxylic acid groups (broad SMARTS) is 1. The lowest BCUT2D eigenvalue weighted by atomic mass is 10.1. The molecule has 0 amide bonds. The smallest absolute Gasteiger partial charge is 0.339 e. The summed E-state index contributed by atoms with van der Waals surface area (Å²) in [5.74, 6) is -1.99. The van der Waals surface area contributed by atoms with E-state index in [2.05, 4.69) is 0 Å².